The zero-order chi connectivity index (χ0) is 17.8. The van der Waals surface area contributed by atoms with Gasteiger partial charge in [0.1, 0.15) is 0 Å². The third kappa shape index (κ3) is 4.45. The molecule has 0 saturated heterocycles. The first kappa shape index (κ1) is 18.0. The van der Waals surface area contributed by atoms with Crippen LogP contribution in [0, 0.1) is 5.82 Å². The summed E-state index contributed by atoms with van der Waals surface area (Å²) in [6, 6.07) is 11.5. The summed E-state index contributed by atoms with van der Waals surface area (Å²) in [5.74, 6) is 0.431. The predicted molar refractivity (Wildman–Crippen MR) is 95.8 cm³/mol. The largest absolute Gasteiger partial charge is 0.478 e. The monoisotopic (exact) mass is 398 g/mol. The molecule has 1 atom stereocenters. The van der Waals surface area contributed by atoms with E-state index >= 15 is 0 Å². The number of ether oxygens (including phenoxy) is 1. The van der Waals surface area contributed by atoms with Gasteiger partial charge < -0.3 is 9.15 Å². The highest BCUT2D eigenvalue weighted by Gasteiger charge is 2.18. The highest BCUT2D eigenvalue weighted by molar-refractivity contribution is 7.98. The molecular weight excluding hydrogens is 386 g/mol. The van der Waals surface area contributed by atoms with Crippen molar-refractivity contribution < 1.29 is 13.5 Å². The standard InChI is InChI=1S/C17H13Cl2FN2O2S/c1-10(23-15-8-3-2-7-14(15)20)16-21-22-17(24-16)25-9-11-12(18)5-4-6-13(11)19/h2-8,10H,9H2,1H3/t10-/m0/s1. The molecule has 0 spiro atoms. The van der Waals surface area contributed by atoms with Crippen molar-refractivity contribution in [2.24, 2.45) is 0 Å². The summed E-state index contributed by atoms with van der Waals surface area (Å²) in [6.45, 7) is 1.71. The molecule has 8 heteroatoms. The summed E-state index contributed by atoms with van der Waals surface area (Å²) in [7, 11) is 0. The summed E-state index contributed by atoms with van der Waals surface area (Å²) in [4.78, 5) is 0. The van der Waals surface area contributed by atoms with Crippen molar-refractivity contribution in [3.8, 4) is 5.75 Å². The first-order valence-corrected chi connectivity index (χ1v) is 9.09. The number of hydrogen-bond donors (Lipinski definition) is 0. The lowest BCUT2D eigenvalue weighted by molar-refractivity contribution is 0.174. The number of aromatic nitrogens is 2. The van der Waals surface area contributed by atoms with Crippen molar-refractivity contribution in [1.29, 1.82) is 0 Å². The van der Waals surface area contributed by atoms with Gasteiger partial charge in [-0.3, -0.25) is 0 Å². The van der Waals surface area contributed by atoms with E-state index in [-0.39, 0.29) is 11.6 Å². The van der Waals surface area contributed by atoms with Gasteiger partial charge in [-0.15, -0.1) is 10.2 Å². The maximum Gasteiger partial charge on any atom is 0.277 e. The van der Waals surface area contributed by atoms with E-state index in [1.807, 2.05) is 0 Å². The van der Waals surface area contributed by atoms with Crippen LogP contribution in [-0.2, 0) is 5.75 Å². The average Bonchev–Trinajstić information content (AvgIpc) is 3.05. The third-order valence-electron chi connectivity index (χ3n) is 3.31. The number of nitrogens with zero attached hydrogens (tertiary/aromatic N) is 2. The minimum atomic E-state index is -0.581. The second-order valence-electron chi connectivity index (χ2n) is 5.09. The van der Waals surface area contributed by atoms with Crippen LogP contribution in [0.15, 0.2) is 52.1 Å². The summed E-state index contributed by atoms with van der Waals surface area (Å²) in [6.07, 6.45) is -0.581. The van der Waals surface area contributed by atoms with E-state index in [1.165, 1.54) is 23.9 Å². The lowest BCUT2D eigenvalue weighted by Crippen LogP contribution is -2.04. The Morgan fingerprint density at radius 1 is 1.12 bits per heavy atom. The topological polar surface area (TPSA) is 48.2 Å². The molecule has 0 aliphatic rings. The molecule has 3 aromatic rings. The smallest absolute Gasteiger partial charge is 0.277 e. The Hall–Kier alpha value is -1.76. The van der Waals surface area contributed by atoms with Crippen molar-refractivity contribution in [3.05, 3.63) is 69.8 Å². The van der Waals surface area contributed by atoms with E-state index in [0.29, 0.717) is 21.0 Å². The highest BCUT2D eigenvalue weighted by Crippen LogP contribution is 2.32. The molecule has 1 heterocycles. The van der Waals surface area contributed by atoms with Gasteiger partial charge in [0.2, 0.25) is 0 Å². The Labute approximate surface area is 158 Å². The van der Waals surface area contributed by atoms with Crippen molar-refractivity contribution in [3.63, 3.8) is 0 Å². The van der Waals surface area contributed by atoms with Gasteiger partial charge in [-0.2, -0.15) is 0 Å². The van der Waals surface area contributed by atoms with E-state index < -0.39 is 11.9 Å². The van der Waals surface area contributed by atoms with Gasteiger partial charge in [0.15, 0.2) is 17.7 Å². The molecule has 2 aromatic carbocycles. The van der Waals surface area contributed by atoms with Crippen LogP contribution in [0.4, 0.5) is 4.39 Å². The second kappa shape index (κ2) is 8.08. The SMILES string of the molecule is C[C@H](Oc1ccccc1F)c1nnc(SCc2c(Cl)cccc2Cl)o1. The maximum absolute atomic E-state index is 13.6. The number of benzene rings is 2. The molecule has 0 aliphatic carbocycles. The van der Waals surface area contributed by atoms with Crippen LogP contribution in [0.25, 0.3) is 0 Å². The Balaban J connectivity index is 1.65. The second-order valence-corrected chi connectivity index (χ2v) is 6.83. The molecule has 0 amide bonds. The molecule has 4 nitrogen and oxygen atoms in total. The molecule has 0 radical (unpaired) electrons. The van der Waals surface area contributed by atoms with E-state index in [2.05, 4.69) is 10.2 Å². The lowest BCUT2D eigenvalue weighted by Gasteiger charge is -2.11. The van der Waals surface area contributed by atoms with Gasteiger partial charge in [0.25, 0.3) is 11.1 Å². The zero-order valence-corrected chi connectivity index (χ0v) is 15.4. The van der Waals surface area contributed by atoms with Crippen LogP contribution in [0.5, 0.6) is 5.75 Å². The Kier molecular flexibility index (Phi) is 5.83. The van der Waals surface area contributed by atoms with E-state index in [4.69, 9.17) is 32.4 Å². The third-order valence-corrected chi connectivity index (χ3v) is 4.87. The van der Waals surface area contributed by atoms with E-state index in [9.17, 15) is 4.39 Å². The predicted octanol–water partition coefficient (Wildman–Crippen LogP) is 5.95. The normalized spacial score (nSPS) is 12.2. The van der Waals surface area contributed by atoms with Crippen molar-refractivity contribution in [2.45, 2.75) is 24.0 Å². The number of para-hydroxylation sites is 1. The van der Waals surface area contributed by atoms with Crippen LogP contribution >= 0.6 is 35.0 Å². The van der Waals surface area contributed by atoms with Crippen LogP contribution in [0.1, 0.15) is 24.5 Å². The van der Waals surface area contributed by atoms with Crippen LogP contribution < -0.4 is 4.74 Å². The fourth-order valence-electron chi connectivity index (χ4n) is 2.03. The van der Waals surface area contributed by atoms with Gasteiger partial charge in [-0.1, -0.05) is 53.2 Å². The molecule has 0 saturated carbocycles. The molecular formula is C17H13Cl2FN2O2S. The fourth-order valence-corrected chi connectivity index (χ4v) is 3.54. The molecule has 0 aliphatic heterocycles. The summed E-state index contributed by atoms with van der Waals surface area (Å²) >= 11 is 13.6. The summed E-state index contributed by atoms with van der Waals surface area (Å²) < 4.78 is 24.7. The fraction of sp³-hybridized carbons (Fsp3) is 0.176. The van der Waals surface area contributed by atoms with Gasteiger partial charge in [0, 0.05) is 15.8 Å². The van der Waals surface area contributed by atoms with E-state index in [1.54, 1.807) is 37.3 Å². The number of halogens is 3. The van der Waals surface area contributed by atoms with Gasteiger partial charge in [-0.05, 0) is 36.8 Å². The van der Waals surface area contributed by atoms with E-state index in [0.717, 1.165) is 5.56 Å². The van der Waals surface area contributed by atoms with Gasteiger partial charge in [-0.25, -0.2) is 4.39 Å². The Bertz CT molecular complexity index is 855. The molecule has 1 aromatic heterocycles. The average molecular weight is 399 g/mol. The minimum Gasteiger partial charge on any atom is -0.478 e. The number of hydrogen-bond acceptors (Lipinski definition) is 5. The van der Waals surface area contributed by atoms with Crippen molar-refractivity contribution in [2.75, 3.05) is 0 Å². The highest BCUT2D eigenvalue weighted by atomic mass is 35.5. The van der Waals surface area contributed by atoms with Crippen LogP contribution in [0.3, 0.4) is 0 Å². The van der Waals surface area contributed by atoms with Gasteiger partial charge >= 0.3 is 0 Å². The summed E-state index contributed by atoms with van der Waals surface area (Å²) in [5, 5.41) is 9.43. The molecule has 25 heavy (non-hydrogen) atoms. The maximum atomic E-state index is 13.6. The first-order valence-electron chi connectivity index (χ1n) is 7.35. The zero-order valence-electron chi connectivity index (χ0n) is 13.1. The first-order chi connectivity index (χ1) is 12.0. The summed E-state index contributed by atoms with van der Waals surface area (Å²) in [5.41, 5.74) is 0.797. The number of thioether (sulfide) groups is 1. The van der Waals surface area contributed by atoms with Crippen molar-refractivity contribution in [1.82, 2.24) is 10.2 Å². The van der Waals surface area contributed by atoms with Crippen LogP contribution in [0.2, 0.25) is 10.0 Å². The Morgan fingerprint density at radius 3 is 2.56 bits per heavy atom. The molecule has 130 valence electrons. The van der Waals surface area contributed by atoms with Crippen molar-refractivity contribution >= 4 is 35.0 Å². The molecule has 3 rings (SSSR count). The molecule has 0 fully saturated rings. The lowest BCUT2D eigenvalue weighted by atomic mass is 10.2. The minimum absolute atomic E-state index is 0.130. The Morgan fingerprint density at radius 2 is 1.84 bits per heavy atom. The number of rotatable bonds is 6. The molecule has 0 unspecified atom stereocenters. The molecule has 0 bridgehead atoms. The van der Waals surface area contributed by atoms with Gasteiger partial charge in [0.05, 0.1) is 0 Å². The quantitative estimate of drug-likeness (QED) is 0.480. The molecule has 0 N–H and O–H groups in total. The van der Waals surface area contributed by atoms with Crippen LogP contribution in [-0.4, -0.2) is 10.2 Å².